The molecule has 2 rings (SSSR count). The van der Waals surface area contributed by atoms with Crippen LogP contribution in [0.15, 0.2) is 29.3 Å². The molecule has 1 heterocycles. The highest BCUT2D eigenvalue weighted by atomic mass is 16.5. The molecule has 3 N–H and O–H groups in total. The minimum atomic E-state index is -0.0582. The van der Waals surface area contributed by atoms with Crippen LogP contribution >= 0.6 is 0 Å². The first-order valence-electron chi connectivity index (χ1n) is 10.1. The van der Waals surface area contributed by atoms with Crippen LogP contribution < -0.4 is 16.0 Å². The Morgan fingerprint density at radius 3 is 2.68 bits per heavy atom. The molecule has 0 saturated carbocycles. The molecule has 1 aromatic rings. The number of benzene rings is 1. The Hall–Kier alpha value is -2.12. The Kier molecular flexibility index (Phi) is 8.73. The monoisotopic (exact) mass is 389 g/mol. The molecule has 28 heavy (non-hydrogen) atoms. The van der Waals surface area contributed by atoms with Gasteiger partial charge in [0.1, 0.15) is 0 Å². The first-order chi connectivity index (χ1) is 13.4. The molecule has 7 nitrogen and oxygen atoms in total. The summed E-state index contributed by atoms with van der Waals surface area (Å²) in [6, 6.07) is 7.87. The average molecular weight is 390 g/mol. The maximum Gasteiger partial charge on any atom is 0.225 e. The van der Waals surface area contributed by atoms with Gasteiger partial charge in [0.2, 0.25) is 5.91 Å². The lowest BCUT2D eigenvalue weighted by atomic mass is 10.1. The maximum atomic E-state index is 12.3. The second-order valence-corrected chi connectivity index (χ2v) is 8.02. The predicted octanol–water partition coefficient (Wildman–Crippen LogP) is 2.20. The Morgan fingerprint density at radius 1 is 1.25 bits per heavy atom. The summed E-state index contributed by atoms with van der Waals surface area (Å²) in [5, 5.41) is 9.63. The molecule has 1 amide bonds. The van der Waals surface area contributed by atoms with E-state index in [0.29, 0.717) is 13.0 Å². The van der Waals surface area contributed by atoms with Gasteiger partial charge in [0.05, 0.1) is 19.8 Å². The molecular formula is C21H35N5O2. The van der Waals surface area contributed by atoms with E-state index in [0.717, 1.165) is 56.6 Å². The van der Waals surface area contributed by atoms with Crippen molar-refractivity contribution in [3.05, 3.63) is 29.8 Å². The number of carbonyl (C=O) groups is 1. The molecule has 1 aliphatic heterocycles. The molecule has 0 atom stereocenters. The molecule has 1 aromatic carbocycles. The largest absolute Gasteiger partial charge is 0.379 e. The smallest absolute Gasteiger partial charge is 0.225 e. The number of anilines is 1. The minimum absolute atomic E-state index is 0.0369. The molecule has 7 heteroatoms. The summed E-state index contributed by atoms with van der Waals surface area (Å²) in [6.45, 7) is 13.8. The van der Waals surface area contributed by atoms with Gasteiger partial charge in [-0.15, -0.1) is 0 Å². The van der Waals surface area contributed by atoms with Crippen molar-refractivity contribution >= 4 is 17.6 Å². The van der Waals surface area contributed by atoms with Gasteiger partial charge in [-0.25, -0.2) is 4.99 Å². The van der Waals surface area contributed by atoms with Gasteiger partial charge in [0.15, 0.2) is 5.96 Å². The Morgan fingerprint density at radius 2 is 2.00 bits per heavy atom. The Bertz CT molecular complexity index is 648. The van der Waals surface area contributed by atoms with Crippen LogP contribution in [0.4, 0.5) is 5.69 Å². The second kappa shape index (κ2) is 11.0. The van der Waals surface area contributed by atoms with Crippen LogP contribution in [-0.2, 0) is 16.1 Å². The molecular weight excluding hydrogens is 354 g/mol. The highest BCUT2D eigenvalue weighted by Crippen LogP contribution is 2.12. The van der Waals surface area contributed by atoms with Gasteiger partial charge in [0, 0.05) is 43.8 Å². The molecule has 0 aliphatic carbocycles. The first kappa shape index (κ1) is 22.2. The third-order valence-corrected chi connectivity index (χ3v) is 4.23. The van der Waals surface area contributed by atoms with Gasteiger partial charge in [-0.05, 0) is 45.4 Å². The van der Waals surface area contributed by atoms with Crippen molar-refractivity contribution in [2.24, 2.45) is 4.99 Å². The van der Waals surface area contributed by atoms with E-state index in [1.54, 1.807) is 0 Å². The summed E-state index contributed by atoms with van der Waals surface area (Å²) in [7, 11) is 0. The number of amides is 1. The van der Waals surface area contributed by atoms with Crippen LogP contribution in [-0.4, -0.2) is 61.7 Å². The molecule has 0 spiro atoms. The SMILES string of the molecule is CCNC(=NCc1cccc(NC(=O)CCN2CCOCC2)c1)NC(C)(C)C. The lowest BCUT2D eigenvalue weighted by molar-refractivity contribution is -0.116. The number of hydrogen-bond donors (Lipinski definition) is 3. The number of carbonyl (C=O) groups excluding carboxylic acids is 1. The van der Waals surface area contributed by atoms with Crippen molar-refractivity contribution in [3.63, 3.8) is 0 Å². The zero-order chi connectivity index (χ0) is 20.4. The van der Waals surface area contributed by atoms with Crippen molar-refractivity contribution in [1.29, 1.82) is 0 Å². The number of rotatable bonds is 7. The van der Waals surface area contributed by atoms with Gasteiger partial charge in [-0.1, -0.05) is 12.1 Å². The van der Waals surface area contributed by atoms with Gasteiger partial charge in [0.25, 0.3) is 0 Å². The molecule has 0 bridgehead atoms. The third-order valence-electron chi connectivity index (χ3n) is 4.23. The number of nitrogens with one attached hydrogen (secondary N) is 3. The predicted molar refractivity (Wildman–Crippen MR) is 115 cm³/mol. The van der Waals surface area contributed by atoms with Gasteiger partial charge >= 0.3 is 0 Å². The summed E-state index contributed by atoms with van der Waals surface area (Å²) in [6.07, 6.45) is 0.489. The first-order valence-corrected chi connectivity index (χ1v) is 10.1. The van der Waals surface area contributed by atoms with Crippen molar-refractivity contribution in [2.75, 3.05) is 44.7 Å². The second-order valence-electron chi connectivity index (χ2n) is 8.02. The lowest BCUT2D eigenvalue weighted by Crippen LogP contribution is -2.47. The standard InChI is InChI=1S/C21H35N5O2/c1-5-22-20(25-21(2,3)4)23-16-17-7-6-8-18(15-17)24-19(27)9-10-26-11-13-28-14-12-26/h6-8,15H,5,9-14,16H2,1-4H3,(H,24,27)(H2,22,23,25). The number of guanidine groups is 1. The third kappa shape index (κ3) is 8.71. The summed E-state index contributed by atoms with van der Waals surface area (Å²) in [5.41, 5.74) is 1.81. The van der Waals surface area contributed by atoms with Crippen molar-refractivity contribution in [2.45, 2.75) is 46.2 Å². The summed E-state index contributed by atoms with van der Waals surface area (Å²) < 4.78 is 5.34. The molecule has 0 aromatic heterocycles. The van der Waals surface area contributed by atoms with E-state index in [4.69, 9.17) is 4.74 Å². The maximum absolute atomic E-state index is 12.3. The van der Waals surface area contributed by atoms with E-state index in [2.05, 4.69) is 46.6 Å². The van der Waals surface area contributed by atoms with E-state index in [-0.39, 0.29) is 11.4 Å². The average Bonchev–Trinajstić information content (AvgIpc) is 2.65. The fourth-order valence-corrected chi connectivity index (χ4v) is 2.89. The zero-order valence-corrected chi connectivity index (χ0v) is 17.7. The van der Waals surface area contributed by atoms with Crippen LogP contribution in [0.25, 0.3) is 0 Å². The minimum Gasteiger partial charge on any atom is -0.379 e. The van der Waals surface area contributed by atoms with E-state index in [9.17, 15) is 4.79 Å². The van der Waals surface area contributed by atoms with Crippen LogP contribution in [0.5, 0.6) is 0 Å². The van der Waals surface area contributed by atoms with Crippen LogP contribution in [0.3, 0.4) is 0 Å². The quantitative estimate of drug-likeness (QED) is 0.492. The summed E-state index contributed by atoms with van der Waals surface area (Å²) in [5.74, 6) is 0.824. The van der Waals surface area contributed by atoms with Crippen molar-refractivity contribution in [3.8, 4) is 0 Å². The van der Waals surface area contributed by atoms with E-state index < -0.39 is 0 Å². The van der Waals surface area contributed by atoms with E-state index in [1.807, 2.05) is 31.2 Å². The number of ether oxygens (including phenoxy) is 1. The summed E-state index contributed by atoms with van der Waals surface area (Å²) in [4.78, 5) is 19.2. The van der Waals surface area contributed by atoms with Crippen molar-refractivity contribution in [1.82, 2.24) is 15.5 Å². The molecule has 1 fully saturated rings. The van der Waals surface area contributed by atoms with E-state index in [1.165, 1.54) is 0 Å². The van der Waals surface area contributed by atoms with Crippen LogP contribution in [0.1, 0.15) is 39.7 Å². The normalized spacial score (nSPS) is 15.9. The van der Waals surface area contributed by atoms with E-state index >= 15 is 0 Å². The fraction of sp³-hybridized carbons (Fsp3) is 0.619. The topological polar surface area (TPSA) is 78.0 Å². The van der Waals surface area contributed by atoms with Gasteiger partial charge < -0.3 is 20.7 Å². The molecule has 1 aliphatic rings. The zero-order valence-electron chi connectivity index (χ0n) is 17.7. The van der Waals surface area contributed by atoms with Gasteiger partial charge in [-0.2, -0.15) is 0 Å². The highest BCUT2D eigenvalue weighted by Gasteiger charge is 2.13. The Labute approximate surface area is 168 Å². The number of aliphatic imine (C=N–C) groups is 1. The lowest BCUT2D eigenvalue weighted by Gasteiger charge is -2.26. The molecule has 0 radical (unpaired) electrons. The van der Waals surface area contributed by atoms with Crippen molar-refractivity contribution < 1.29 is 9.53 Å². The van der Waals surface area contributed by atoms with Gasteiger partial charge in [-0.3, -0.25) is 9.69 Å². The number of morpholine rings is 1. The number of hydrogen-bond acceptors (Lipinski definition) is 4. The molecule has 1 saturated heterocycles. The molecule has 156 valence electrons. The molecule has 0 unspecified atom stereocenters. The number of nitrogens with zero attached hydrogens (tertiary/aromatic N) is 2. The summed E-state index contributed by atoms with van der Waals surface area (Å²) >= 11 is 0. The highest BCUT2D eigenvalue weighted by molar-refractivity contribution is 5.90. The fourth-order valence-electron chi connectivity index (χ4n) is 2.89. The van der Waals surface area contributed by atoms with Crippen LogP contribution in [0.2, 0.25) is 0 Å². The Balaban J connectivity index is 1.87. The van der Waals surface area contributed by atoms with Crippen LogP contribution in [0, 0.1) is 0 Å².